The lowest BCUT2D eigenvalue weighted by atomic mass is 10.2. The minimum Gasteiger partial charge on any atom is -0.504 e. The monoisotopic (exact) mass is 377 g/mol. The van der Waals surface area contributed by atoms with Gasteiger partial charge in [-0.1, -0.05) is 12.1 Å². The first-order valence-electron chi connectivity index (χ1n) is 8.38. The molecule has 0 saturated carbocycles. The van der Waals surface area contributed by atoms with E-state index < -0.39 is 0 Å². The van der Waals surface area contributed by atoms with Crippen LogP contribution in [0.25, 0.3) is 0 Å². The van der Waals surface area contributed by atoms with Gasteiger partial charge in [0.1, 0.15) is 5.69 Å². The van der Waals surface area contributed by atoms with E-state index in [9.17, 15) is 10.2 Å². The SMILES string of the molecule is COc1cccc(C=Nc2ccncc2N=Cc2cccc(OC)c2O)c1O. The molecule has 2 aromatic carbocycles. The molecule has 2 N–H and O–H groups in total. The summed E-state index contributed by atoms with van der Waals surface area (Å²) < 4.78 is 10.2. The van der Waals surface area contributed by atoms with Gasteiger partial charge in [0.05, 0.1) is 26.1 Å². The topological polar surface area (TPSA) is 96.5 Å². The molecular weight excluding hydrogens is 358 g/mol. The molecule has 7 heteroatoms. The van der Waals surface area contributed by atoms with Crippen molar-refractivity contribution in [2.24, 2.45) is 9.98 Å². The largest absolute Gasteiger partial charge is 0.504 e. The van der Waals surface area contributed by atoms with Crippen molar-refractivity contribution in [3.05, 3.63) is 66.0 Å². The molecular formula is C21H19N3O4. The molecule has 142 valence electrons. The Morgan fingerprint density at radius 3 is 1.86 bits per heavy atom. The number of benzene rings is 2. The van der Waals surface area contributed by atoms with Crippen LogP contribution in [-0.4, -0.2) is 41.8 Å². The number of aromatic nitrogens is 1. The summed E-state index contributed by atoms with van der Waals surface area (Å²) in [6.07, 6.45) is 6.19. The molecule has 0 unspecified atom stereocenters. The first-order chi connectivity index (χ1) is 13.6. The van der Waals surface area contributed by atoms with Gasteiger partial charge in [-0.05, 0) is 30.3 Å². The van der Waals surface area contributed by atoms with E-state index in [0.29, 0.717) is 34.0 Å². The summed E-state index contributed by atoms with van der Waals surface area (Å²) in [6.45, 7) is 0. The fourth-order valence-electron chi connectivity index (χ4n) is 2.48. The fourth-order valence-corrected chi connectivity index (χ4v) is 2.48. The molecule has 0 amide bonds. The minimum absolute atomic E-state index is 0.00370. The van der Waals surface area contributed by atoms with Crippen molar-refractivity contribution < 1.29 is 19.7 Å². The predicted molar refractivity (Wildman–Crippen MR) is 108 cm³/mol. The molecule has 0 saturated heterocycles. The van der Waals surface area contributed by atoms with Crippen LogP contribution < -0.4 is 9.47 Å². The van der Waals surface area contributed by atoms with E-state index in [4.69, 9.17) is 9.47 Å². The number of methoxy groups -OCH3 is 2. The summed E-state index contributed by atoms with van der Waals surface area (Å²) >= 11 is 0. The van der Waals surface area contributed by atoms with Crippen molar-refractivity contribution >= 4 is 23.8 Å². The molecule has 3 rings (SSSR count). The van der Waals surface area contributed by atoms with E-state index in [1.165, 1.54) is 26.6 Å². The lowest BCUT2D eigenvalue weighted by Gasteiger charge is -2.06. The molecule has 0 aliphatic heterocycles. The molecule has 0 aliphatic rings. The summed E-state index contributed by atoms with van der Waals surface area (Å²) in [5.74, 6) is 0.741. The van der Waals surface area contributed by atoms with Crippen LogP contribution in [0, 0.1) is 0 Å². The van der Waals surface area contributed by atoms with Gasteiger partial charge in [-0.3, -0.25) is 15.0 Å². The van der Waals surface area contributed by atoms with Gasteiger partial charge in [0.25, 0.3) is 0 Å². The van der Waals surface area contributed by atoms with E-state index in [1.807, 2.05) is 0 Å². The number of rotatable bonds is 6. The molecule has 0 radical (unpaired) electrons. The van der Waals surface area contributed by atoms with Gasteiger partial charge in [0.2, 0.25) is 0 Å². The molecule has 0 bridgehead atoms. The number of phenols is 2. The molecule has 3 aromatic rings. The lowest BCUT2D eigenvalue weighted by molar-refractivity contribution is 0.373. The number of aromatic hydroxyl groups is 2. The quantitative estimate of drug-likeness (QED) is 0.633. The third-order valence-electron chi connectivity index (χ3n) is 3.96. The molecule has 28 heavy (non-hydrogen) atoms. The maximum Gasteiger partial charge on any atom is 0.166 e. The Kier molecular flexibility index (Phi) is 5.86. The van der Waals surface area contributed by atoms with E-state index in [0.717, 1.165) is 0 Å². The number of nitrogens with zero attached hydrogens (tertiary/aromatic N) is 3. The average molecular weight is 377 g/mol. The number of ether oxygens (including phenoxy) is 2. The van der Waals surface area contributed by atoms with Gasteiger partial charge in [0, 0.05) is 29.8 Å². The van der Waals surface area contributed by atoms with Gasteiger partial charge < -0.3 is 19.7 Å². The molecule has 0 aliphatic carbocycles. The van der Waals surface area contributed by atoms with Gasteiger partial charge in [-0.2, -0.15) is 0 Å². The second-order valence-electron chi connectivity index (χ2n) is 5.68. The Labute approximate surface area is 162 Å². The Bertz CT molecular complexity index is 949. The van der Waals surface area contributed by atoms with Crippen LogP contribution in [0.5, 0.6) is 23.0 Å². The van der Waals surface area contributed by atoms with Gasteiger partial charge in [-0.25, -0.2) is 0 Å². The number of pyridine rings is 1. The van der Waals surface area contributed by atoms with Crippen LogP contribution in [-0.2, 0) is 0 Å². The van der Waals surface area contributed by atoms with Gasteiger partial charge >= 0.3 is 0 Å². The van der Waals surface area contributed by atoms with Crippen molar-refractivity contribution in [2.45, 2.75) is 0 Å². The van der Waals surface area contributed by atoms with E-state index in [1.54, 1.807) is 54.9 Å². The lowest BCUT2D eigenvalue weighted by Crippen LogP contribution is -1.89. The Balaban J connectivity index is 1.90. The zero-order valence-corrected chi connectivity index (χ0v) is 15.4. The number of phenolic OH excluding ortho intramolecular Hbond substituents is 2. The minimum atomic E-state index is 0.00370. The maximum absolute atomic E-state index is 10.2. The molecule has 1 heterocycles. The highest BCUT2D eigenvalue weighted by molar-refractivity contribution is 5.90. The van der Waals surface area contributed by atoms with Crippen molar-refractivity contribution in [2.75, 3.05) is 14.2 Å². The highest BCUT2D eigenvalue weighted by Crippen LogP contribution is 2.32. The second kappa shape index (κ2) is 8.68. The second-order valence-corrected chi connectivity index (χ2v) is 5.68. The zero-order valence-electron chi connectivity index (χ0n) is 15.4. The summed E-state index contributed by atoms with van der Waals surface area (Å²) in [7, 11) is 2.97. The number of hydrogen-bond donors (Lipinski definition) is 2. The van der Waals surface area contributed by atoms with Crippen LogP contribution in [0.4, 0.5) is 11.4 Å². The Morgan fingerprint density at radius 2 is 1.32 bits per heavy atom. The first-order valence-corrected chi connectivity index (χ1v) is 8.38. The molecule has 7 nitrogen and oxygen atoms in total. The van der Waals surface area contributed by atoms with Crippen molar-refractivity contribution in [1.82, 2.24) is 4.98 Å². The Hall–Kier alpha value is -3.87. The molecule has 1 aromatic heterocycles. The fraction of sp³-hybridized carbons (Fsp3) is 0.0952. The molecule has 0 fully saturated rings. The normalized spacial score (nSPS) is 11.2. The summed E-state index contributed by atoms with van der Waals surface area (Å²) in [4.78, 5) is 12.8. The average Bonchev–Trinajstić information content (AvgIpc) is 2.73. The predicted octanol–water partition coefficient (Wildman–Crippen LogP) is 4.01. The third-order valence-corrected chi connectivity index (χ3v) is 3.96. The first kappa shape index (κ1) is 18.9. The van der Waals surface area contributed by atoms with Crippen molar-refractivity contribution in [3.8, 4) is 23.0 Å². The van der Waals surface area contributed by atoms with Crippen LogP contribution in [0.1, 0.15) is 11.1 Å². The summed E-state index contributed by atoms with van der Waals surface area (Å²) in [5.41, 5.74) is 2.07. The van der Waals surface area contributed by atoms with E-state index in [-0.39, 0.29) is 11.5 Å². The number of aliphatic imine (C=N–C) groups is 2. The smallest absolute Gasteiger partial charge is 0.166 e. The van der Waals surface area contributed by atoms with Crippen LogP contribution in [0.15, 0.2) is 64.8 Å². The molecule has 0 spiro atoms. The summed E-state index contributed by atoms with van der Waals surface area (Å²) in [6, 6.07) is 12.0. The van der Waals surface area contributed by atoms with Gasteiger partial charge in [-0.15, -0.1) is 0 Å². The highest BCUT2D eigenvalue weighted by atomic mass is 16.5. The van der Waals surface area contributed by atoms with Crippen LogP contribution in [0.3, 0.4) is 0 Å². The highest BCUT2D eigenvalue weighted by Gasteiger charge is 2.07. The van der Waals surface area contributed by atoms with Crippen LogP contribution >= 0.6 is 0 Å². The van der Waals surface area contributed by atoms with Crippen molar-refractivity contribution in [1.29, 1.82) is 0 Å². The Morgan fingerprint density at radius 1 is 0.786 bits per heavy atom. The number of hydrogen-bond acceptors (Lipinski definition) is 7. The standard InChI is InChI=1S/C21H19N3O4/c1-27-18-7-3-5-14(20(18)25)11-23-16-9-10-22-13-17(16)24-12-15-6-4-8-19(28-2)21(15)26/h3-13,25-26H,1-2H3. The van der Waals surface area contributed by atoms with Gasteiger partial charge in [0.15, 0.2) is 23.0 Å². The number of para-hydroxylation sites is 2. The van der Waals surface area contributed by atoms with Crippen molar-refractivity contribution in [3.63, 3.8) is 0 Å². The molecule has 0 atom stereocenters. The van der Waals surface area contributed by atoms with E-state index in [2.05, 4.69) is 15.0 Å². The zero-order chi connectivity index (χ0) is 19.9. The maximum atomic E-state index is 10.2. The third kappa shape index (κ3) is 4.09. The van der Waals surface area contributed by atoms with Crippen LogP contribution in [0.2, 0.25) is 0 Å². The van der Waals surface area contributed by atoms with E-state index >= 15 is 0 Å². The summed E-state index contributed by atoms with van der Waals surface area (Å²) in [5, 5.41) is 20.3.